The van der Waals surface area contributed by atoms with Crippen LogP contribution in [0.5, 0.6) is 11.5 Å². The van der Waals surface area contributed by atoms with Gasteiger partial charge in [0.2, 0.25) is 0 Å². The van der Waals surface area contributed by atoms with E-state index in [1.54, 1.807) is 30.3 Å². The van der Waals surface area contributed by atoms with Crippen molar-refractivity contribution in [3.8, 4) is 11.5 Å². The van der Waals surface area contributed by atoms with Gasteiger partial charge in [-0.1, -0.05) is 65.0 Å². The third kappa shape index (κ3) is 5.42. The molecule has 0 radical (unpaired) electrons. The second-order valence-electron chi connectivity index (χ2n) is 11.1. The van der Waals surface area contributed by atoms with Gasteiger partial charge in [0, 0.05) is 5.69 Å². The normalized spacial score (nSPS) is 17.1. The van der Waals surface area contributed by atoms with Crippen LogP contribution in [0.1, 0.15) is 75.8 Å². The van der Waals surface area contributed by atoms with Crippen LogP contribution in [0, 0.1) is 0 Å². The summed E-state index contributed by atoms with van der Waals surface area (Å²) in [6.07, 6.45) is 0. The smallest absolute Gasteiger partial charge is 0.300 e. The lowest BCUT2D eigenvalue weighted by Gasteiger charge is -2.26. The van der Waals surface area contributed by atoms with E-state index in [2.05, 4.69) is 34.6 Å². The number of carbonyl (C=O) groups is 2. The molecule has 0 saturated carbocycles. The van der Waals surface area contributed by atoms with Crippen molar-refractivity contribution in [2.75, 3.05) is 18.6 Å². The van der Waals surface area contributed by atoms with E-state index in [0.717, 1.165) is 16.7 Å². The Morgan fingerprint density at radius 3 is 2.15 bits per heavy atom. The quantitative estimate of drug-likeness (QED) is 0.201. The maximum absolute atomic E-state index is 13.6. The Bertz CT molecular complexity index is 1400. The number of carbonyl (C=O) groups excluding carboxylic acids is 2. The first-order valence-corrected chi connectivity index (χ1v) is 13.3. The molecule has 1 aliphatic rings. The number of aliphatic hydroxyl groups excluding tert-OH is 1. The molecule has 1 heterocycles. The fraction of sp³-hybridized carbons (Fsp3) is 0.333. The zero-order chi connectivity index (χ0) is 28.5. The van der Waals surface area contributed by atoms with Gasteiger partial charge in [0.25, 0.3) is 11.7 Å². The minimum absolute atomic E-state index is 0.0236. The van der Waals surface area contributed by atoms with Gasteiger partial charge in [-0.2, -0.15) is 0 Å². The van der Waals surface area contributed by atoms with Gasteiger partial charge >= 0.3 is 0 Å². The van der Waals surface area contributed by atoms with Gasteiger partial charge in [0.15, 0.2) is 0 Å². The van der Waals surface area contributed by atoms with Crippen molar-refractivity contribution in [1.82, 2.24) is 0 Å². The lowest BCUT2D eigenvalue weighted by atomic mass is 9.85. The summed E-state index contributed by atoms with van der Waals surface area (Å²) in [7, 11) is 1.52. The average molecular weight is 528 g/mol. The number of ether oxygens (including phenoxy) is 2. The first kappa shape index (κ1) is 28.0. The second kappa shape index (κ2) is 11.0. The summed E-state index contributed by atoms with van der Waals surface area (Å²) in [5, 5.41) is 11.7. The molecule has 1 unspecified atom stereocenters. The van der Waals surface area contributed by atoms with Crippen LogP contribution >= 0.6 is 0 Å². The van der Waals surface area contributed by atoms with Crippen molar-refractivity contribution >= 4 is 23.1 Å². The molecule has 0 spiro atoms. The topological polar surface area (TPSA) is 76.1 Å². The number of benzene rings is 3. The Kier molecular flexibility index (Phi) is 7.86. The second-order valence-corrected chi connectivity index (χ2v) is 11.1. The molecule has 204 valence electrons. The van der Waals surface area contributed by atoms with Crippen molar-refractivity contribution in [2.45, 2.75) is 58.9 Å². The highest BCUT2D eigenvalue weighted by molar-refractivity contribution is 6.51. The molecule has 3 aromatic carbocycles. The van der Waals surface area contributed by atoms with Crippen LogP contribution in [0.25, 0.3) is 5.76 Å². The number of Topliss-reactive ketones (excluding diaryl/α,β-unsaturated/α-hetero) is 1. The molecule has 3 aromatic rings. The summed E-state index contributed by atoms with van der Waals surface area (Å²) in [5.74, 6) is -0.309. The molecular weight excluding hydrogens is 490 g/mol. The lowest BCUT2D eigenvalue weighted by molar-refractivity contribution is -0.132. The molecule has 1 atom stereocenters. The van der Waals surface area contributed by atoms with Crippen molar-refractivity contribution in [3.63, 3.8) is 0 Å². The molecule has 0 bridgehead atoms. The number of hydrogen-bond acceptors (Lipinski definition) is 5. The van der Waals surface area contributed by atoms with Gasteiger partial charge in [-0.25, -0.2) is 0 Å². The fourth-order valence-electron chi connectivity index (χ4n) is 4.85. The molecule has 1 saturated heterocycles. The van der Waals surface area contributed by atoms with Crippen LogP contribution in [0.4, 0.5) is 5.69 Å². The summed E-state index contributed by atoms with van der Waals surface area (Å²) in [5.41, 5.74) is 3.55. The molecule has 1 aliphatic heterocycles. The van der Waals surface area contributed by atoms with Gasteiger partial charge in [-0.3, -0.25) is 14.5 Å². The van der Waals surface area contributed by atoms with Gasteiger partial charge in [-0.15, -0.1) is 0 Å². The number of anilines is 1. The van der Waals surface area contributed by atoms with E-state index in [1.807, 2.05) is 43.3 Å². The van der Waals surface area contributed by atoms with Gasteiger partial charge < -0.3 is 14.6 Å². The van der Waals surface area contributed by atoms with Gasteiger partial charge in [0.05, 0.1) is 30.9 Å². The molecule has 6 nitrogen and oxygen atoms in total. The van der Waals surface area contributed by atoms with E-state index in [4.69, 9.17) is 9.47 Å². The lowest BCUT2D eigenvalue weighted by Crippen LogP contribution is -2.29. The van der Waals surface area contributed by atoms with E-state index >= 15 is 0 Å². The van der Waals surface area contributed by atoms with Crippen LogP contribution in [0.3, 0.4) is 0 Å². The van der Waals surface area contributed by atoms with Crippen LogP contribution < -0.4 is 14.4 Å². The highest BCUT2D eigenvalue weighted by atomic mass is 16.5. The van der Waals surface area contributed by atoms with Crippen molar-refractivity contribution in [3.05, 3.63) is 94.6 Å². The number of rotatable bonds is 7. The van der Waals surface area contributed by atoms with E-state index in [0.29, 0.717) is 35.3 Å². The SMILES string of the molecule is CCOc1ccc(N2C(=O)C(=O)/C(=C(/O)c3cc(C(C)(C)C)ccc3OC)C2c2ccc(C(C)C)cc2)cc1. The molecule has 0 aromatic heterocycles. The third-order valence-electron chi connectivity index (χ3n) is 7.11. The Balaban J connectivity index is 1.95. The van der Waals surface area contributed by atoms with E-state index in [-0.39, 0.29) is 16.7 Å². The molecule has 6 heteroatoms. The fourth-order valence-corrected chi connectivity index (χ4v) is 4.85. The Labute approximate surface area is 230 Å². The van der Waals surface area contributed by atoms with Crippen molar-refractivity contribution < 1.29 is 24.2 Å². The van der Waals surface area contributed by atoms with Crippen molar-refractivity contribution in [2.24, 2.45) is 0 Å². The zero-order valence-corrected chi connectivity index (χ0v) is 23.7. The Morgan fingerprint density at radius 2 is 1.62 bits per heavy atom. The average Bonchev–Trinajstić information content (AvgIpc) is 3.18. The minimum atomic E-state index is -0.827. The Morgan fingerprint density at radius 1 is 0.974 bits per heavy atom. The van der Waals surface area contributed by atoms with Crippen molar-refractivity contribution in [1.29, 1.82) is 0 Å². The number of amides is 1. The van der Waals surface area contributed by atoms with Crippen LogP contribution in [-0.2, 0) is 15.0 Å². The van der Waals surface area contributed by atoms with Gasteiger partial charge in [0.1, 0.15) is 17.3 Å². The zero-order valence-electron chi connectivity index (χ0n) is 23.7. The number of hydrogen-bond donors (Lipinski definition) is 1. The highest BCUT2D eigenvalue weighted by Crippen LogP contribution is 2.44. The summed E-state index contributed by atoms with van der Waals surface area (Å²) in [4.78, 5) is 28.7. The standard InChI is InChI=1S/C33H37NO5/c1-8-39-25-16-14-24(15-17-25)34-29(22-11-9-21(10-12-22)20(2)3)28(31(36)32(34)37)30(35)26-19-23(33(4,5)6)13-18-27(26)38-7/h9-20,29,35H,8H2,1-7H3/b30-28+. The molecule has 1 amide bonds. The molecule has 39 heavy (non-hydrogen) atoms. The number of aliphatic hydroxyl groups is 1. The maximum Gasteiger partial charge on any atom is 0.300 e. The van der Waals surface area contributed by atoms with Crippen LogP contribution in [-0.4, -0.2) is 30.5 Å². The molecule has 1 fully saturated rings. The summed E-state index contributed by atoms with van der Waals surface area (Å²) in [6, 6.07) is 19.6. The number of methoxy groups -OCH3 is 1. The van der Waals surface area contributed by atoms with Crippen LogP contribution in [0.2, 0.25) is 0 Å². The highest BCUT2D eigenvalue weighted by Gasteiger charge is 2.47. The Hall–Kier alpha value is -4.06. The number of nitrogens with zero attached hydrogens (tertiary/aromatic N) is 1. The largest absolute Gasteiger partial charge is 0.507 e. The van der Waals surface area contributed by atoms with E-state index in [1.165, 1.54) is 12.0 Å². The minimum Gasteiger partial charge on any atom is -0.507 e. The predicted octanol–water partition coefficient (Wildman–Crippen LogP) is 7.14. The number of ketones is 1. The monoisotopic (exact) mass is 527 g/mol. The van der Waals surface area contributed by atoms with E-state index < -0.39 is 17.7 Å². The van der Waals surface area contributed by atoms with Gasteiger partial charge in [-0.05, 0) is 71.3 Å². The summed E-state index contributed by atoms with van der Waals surface area (Å²) < 4.78 is 11.1. The molecule has 4 rings (SSSR count). The third-order valence-corrected chi connectivity index (χ3v) is 7.11. The first-order chi connectivity index (χ1) is 18.5. The summed E-state index contributed by atoms with van der Waals surface area (Å²) >= 11 is 0. The van der Waals surface area contributed by atoms with Crippen LogP contribution in [0.15, 0.2) is 72.3 Å². The maximum atomic E-state index is 13.6. The predicted molar refractivity (Wildman–Crippen MR) is 155 cm³/mol. The molecule has 1 N–H and O–H groups in total. The molecule has 0 aliphatic carbocycles. The first-order valence-electron chi connectivity index (χ1n) is 13.3. The summed E-state index contributed by atoms with van der Waals surface area (Å²) in [6.45, 7) is 12.8. The van der Waals surface area contributed by atoms with E-state index in [9.17, 15) is 14.7 Å². The molecular formula is C33H37NO5.